The molecule has 0 aliphatic rings. The van der Waals surface area contributed by atoms with E-state index in [-0.39, 0.29) is 0 Å². The average Bonchev–Trinajstić information content (AvgIpc) is 2.58. The van der Waals surface area contributed by atoms with Crippen LogP contribution in [0.3, 0.4) is 0 Å². The normalized spacial score (nSPS) is 10.6. The first-order valence-electron chi connectivity index (χ1n) is 4.52. The summed E-state index contributed by atoms with van der Waals surface area (Å²) in [6.45, 7) is 3.80. The Kier molecular flexibility index (Phi) is 2.36. The average molecular weight is 223 g/mol. The van der Waals surface area contributed by atoms with E-state index in [1.54, 1.807) is 16.9 Å². The Morgan fingerprint density at radius 2 is 2.13 bits per heavy atom. The van der Waals surface area contributed by atoms with Gasteiger partial charge in [0, 0.05) is 6.20 Å². The van der Waals surface area contributed by atoms with Crippen molar-refractivity contribution in [2.45, 2.75) is 13.8 Å². The molecule has 0 saturated carbocycles. The molecule has 2 rings (SSSR count). The lowest BCUT2D eigenvalue weighted by Crippen LogP contribution is -2.03. The lowest BCUT2D eigenvalue weighted by molar-refractivity contribution is 0.841. The Hall–Kier alpha value is -1.55. The zero-order chi connectivity index (χ0) is 11.0. The van der Waals surface area contributed by atoms with E-state index in [1.807, 2.05) is 20.0 Å². The molecule has 5 heteroatoms. The number of anilines is 1. The monoisotopic (exact) mass is 222 g/mol. The summed E-state index contributed by atoms with van der Waals surface area (Å²) in [4.78, 5) is 4.30. The van der Waals surface area contributed by atoms with Crippen LogP contribution in [0.2, 0.25) is 5.02 Å². The van der Waals surface area contributed by atoms with Crippen LogP contribution >= 0.6 is 11.6 Å². The number of pyridine rings is 1. The summed E-state index contributed by atoms with van der Waals surface area (Å²) in [5.41, 5.74) is 8.10. The molecule has 4 nitrogen and oxygen atoms in total. The van der Waals surface area contributed by atoms with Gasteiger partial charge in [-0.1, -0.05) is 11.6 Å². The Morgan fingerprint density at radius 1 is 1.40 bits per heavy atom. The third-order valence-corrected chi connectivity index (χ3v) is 2.39. The minimum atomic E-state index is 0.501. The summed E-state index contributed by atoms with van der Waals surface area (Å²) in [5.74, 6) is 0.608. The lowest BCUT2D eigenvalue weighted by Gasteiger charge is -2.06. The van der Waals surface area contributed by atoms with Crippen molar-refractivity contribution in [1.29, 1.82) is 0 Å². The van der Waals surface area contributed by atoms with Crippen LogP contribution < -0.4 is 5.73 Å². The molecule has 0 radical (unpaired) electrons. The Balaban J connectivity index is 2.58. The van der Waals surface area contributed by atoms with E-state index in [2.05, 4.69) is 10.1 Å². The lowest BCUT2D eigenvalue weighted by atomic mass is 10.3. The number of nitrogens with zero attached hydrogens (tertiary/aromatic N) is 3. The van der Waals surface area contributed by atoms with Crippen LogP contribution in [-0.2, 0) is 0 Å². The maximum absolute atomic E-state index is 6.04. The van der Waals surface area contributed by atoms with Gasteiger partial charge in [-0.2, -0.15) is 5.10 Å². The van der Waals surface area contributed by atoms with Crippen molar-refractivity contribution in [2.75, 3.05) is 5.73 Å². The topological polar surface area (TPSA) is 56.7 Å². The van der Waals surface area contributed by atoms with E-state index < -0.39 is 0 Å². The molecule has 0 aliphatic carbocycles. The zero-order valence-corrected chi connectivity index (χ0v) is 9.28. The van der Waals surface area contributed by atoms with Crippen LogP contribution in [0.25, 0.3) is 5.82 Å². The number of halogens is 1. The van der Waals surface area contributed by atoms with Crippen molar-refractivity contribution < 1.29 is 0 Å². The van der Waals surface area contributed by atoms with Crippen molar-refractivity contribution in [2.24, 2.45) is 0 Å². The number of hydrogen-bond donors (Lipinski definition) is 1. The smallest absolute Gasteiger partial charge is 0.172 e. The largest absolute Gasteiger partial charge is 0.397 e. The summed E-state index contributed by atoms with van der Waals surface area (Å²) in [5, 5.41) is 4.65. The molecule has 2 N–H and O–H groups in total. The molecule has 2 aromatic heterocycles. The fourth-order valence-corrected chi connectivity index (χ4v) is 1.52. The molecule has 2 heterocycles. The van der Waals surface area contributed by atoms with Gasteiger partial charge in [0.1, 0.15) is 0 Å². The molecule has 78 valence electrons. The second-order valence-electron chi connectivity index (χ2n) is 3.43. The molecule has 0 atom stereocenters. The predicted octanol–water partition coefficient (Wildman–Crippen LogP) is 2.12. The molecule has 0 unspecified atom stereocenters. The number of aromatic nitrogens is 3. The quantitative estimate of drug-likeness (QED) is 0.804. The number of nitrogens with two attached hydrogens (primary N) is 1. The van der Waals surface area contributed by atoms with Crippen LogP contribution in [0.15, 0.2) is 18.5 Å². The van der Waals surface area contributed by atoms with E-state index in [1.165, 1.54) is 0 Å². The van der Waals surface area contributed by atoms with Gasteiger partial charge in [0.25, 0.3) is 0 Å². The second-order valence-corrected chi connectivity index (χ2v) is 3.84. The first-order valence-corrected chi connectivity index (χ1v) is 4.90. The van der Waals surface area contributed by atoms with Crippen LogP contribution in [0.4, 0.5) is 5.69 Å². The molecule has 0 bridgehead atoms. The Bertz CT molecular complexity index is 504. The molecule has 0 aliphatic heterocycles. The first kappa shape index (κ1) is 9.98. The van der Waals surface area contributed by atoms with Crippen LogP contribution in [0.5, 0.6) is 0 Å². The summed E-state index contributed by atoms with van der Waals surface area (Å²) >= 11 is 6.04. The highest BCUT2D eigenvalue weighted by Crippen LogP contribution is 2.22. The van der Waals surface area contributed by atoms with Gasteiger partial charge in [-0.3, -0.25) is 0 Å². The fraction of sp³-hybridized carbons (Fsp3) is 0.200. The summed E-state index contributed by atoms with van der Waals surface area (Å²) < 4.78 is 1.64. The fourth-order valence-electron chi connectivity index (χ4n) is 1.27. The van der Waals surface area contributed by atoms with Gasteiger partial charge in [0.05, 0.1) is 22.6 Å². The Morgan fingerprint density at radius 3 is 2.73 bits per heavy atom. The van der Waals surface area contributed by atoms with Crippen LogP contribution in [0, 0.1) is 13.8 Å². The molecule has 15 heavy (non-hydrogen) atoms. The van der Waals surface area contributed by atoms with Gasteiger partial charge >= 0.3 is 0 Å². The number of rotatable bonds is 1. The van der Waals surface area contributed by atoms with E-state index in [0.717, 1.165) is 11.3 Å². The molecule has 0 fully saturated rings. The standard InChI is InChI=1S/C10H11ClN4/c1-6-4-13-15(5-6)10-8(11)3-9(12)7(2)14-10/h3-5H,12H2,1-2H3. The van der Waals surface area contributed by atoms with Crippen molar-refractivity contribution in [3.05, 3.63) is 34.7 Å². The molecular formula is C10H11ClN4. The van der Waals surface area contributed by atoms with Gasteiger partial charge < -0.3 is 5.73 Å². The summed E-state index contributed by atoms with van der Waals surface area (Å²) in [6.07, 6.45) is 3.62. The van der Waals surface area contributed by atoms with Gasteiger partial charge in [0.15, 0.2) is 5.82 Å². The van der Waals surface area contributed by atoms with Gasteiger partial charge in [-0.05, 0) is 25.5 Å². The van der Waals surface area contributed by atoms with Gasteiger partial charge in [-0.15, -0.1) is 0 Å². The third kappa shape index (κ3) is 1.80. The molecule has 0 aromatic carbocycles. The second kappa shape index (κ2) is 3.55. The molecule has 0 spiro atoms. The number of hydrogen-bond acceptors (Lipinski definition) is 3. The third-order valence-electron chi connectivity index (χ3n) is 2.12. The predicted molar refractivity (Wildman–Crippen MR) is 60.3 cm³/mol. The minimum Gasteiger partial charge on any atom is -0.397 e. The number of nitrogen functional groups attached to an aromatic ring is 1. The molecular weight excluding hydrogens is 212 g/mol. The minimum absolute atomic E-state index is 0.501. The molecule has 2 aromatic rings. The first-order chi connectivity index (χ1) is 7.08. The van der Waals surface area contributed by atoms with E-state index in [9.17, 15) is 0 Å². The highest BCUT2D eigenvalue weighted by Gasteiger charge is 2.08. The van der Waals surface area contributed by atoms with Crippen LogP contribution in [0.1, 0.15) is 11.3 Å². The zero-order valence-electron chi connectivity index (χ0n) is 8.53. The highest BCUT2D eigenvalue weighted by atomic mass is 35.5. The highest BCUT2D eigenvalue weighted by molar-refractivity contribution is 6.32. The van der Waals surface area contributed by atoms with E-state index >= 15 is 0 Å². The van der Waals surface area contributed by atoms with Gasteiger partial charge in [0.2, 0.25) is 0 Å². The van der Waals surface area contributed by atoms with Crippen LogP contribution in [-0.4, -0.2) is 14.8 Å². The summed E-state index contributed by atoms with van der Waals surface area (Å²) in [7, 11) is 0. The van der Waals surface area contributed by atoms with E-state index in [4.69, 9.17) is 17.3 Å². The molecule has 0 saturated heterocycles. The Labute approximate surface area is 92.7 Å². The van der Waals surface area contributed by atoms with Crippen molar-refractivity contribution in [3.8, 4) is 5.82 Å². The maximum atomic E-state index is 6.04. The van der Waals surface area contributed by atoms with Crippen molar-refractivity contribution >= 4 is 17.3 Å². The van der Waals surface area contributed by atoms with Gasteiger partial charge in [-0.25, -0.2) is 9.67 Å². The van der Waals surface area contributed by atoms with E-state index in [0.29, 0.717) is 16.5 Å². The van der Waals surface area contributed by atoms with Crippen molar-refractivity contribution in [3.63, 3.8) is 0 Å². The maximum Gasteiger partial charge on any atom is 0.172 e. The summed E-state index contributed by atoms with van der Waals surface area (Å²) in [6, 6.07) is 1.69. The molecule has 0 amide bonds. The SMILES string of the molecule is Cc1cnn(-c2nc(C)c(N)cc2Cl)c1. The van der Waals surface area contributed by atoms with Crippen molar-refractivity contribution in [1.82, 2.24) is 14.8 Å². The number of aryl methyl sites for hydroxylation is 2.